The zero-order valence-electron chi connectivity index (χ0n) is 12.1. The summed E-state index contributed by atoms with van der Waals surface area (Å²) in [5.41, 5.74) is 2.93. The van der Waals surface area contributed by atoms with E-state index in [9.17, 15) is 9.18 Å². The molecule has 3 rings (SSSR count). The number of rotatable bonds is 2. The highest BCUT2D eigenvalue weighted by atomic mass is 19.1. The van der Waals surface area contributed by atoms with Crippen LogP contribution in [-0.2, 0) is 13.0 Å². The first-order valence-corrected chi connectivity index (χ1v) is 7.27. The highest BCUT2D eigenvalue weighted by Crippen LogP contribution is 2.18. The summed E-state index contributed by atoms with van der Waals surface area (Å²) < 4.78 is 13.5. The number of urea groups is 1. The van der Waals surface area contributed by atoms with Crippen LogP contribution in [0, 0.1) is 5.82 Å². The van der Waals surface area contributed by atoms with Gasteiger partial charge in [-0.3, -0.25) is 0 Å². The normalized spacial score (nSPS) is 14.0. The summed E-state index contributed by atoms with van der Waals surface area (Å²) in [5, 5.41) is 2.70. The molecular weight excluding hydrogens is 279 g/mol. The Morgan fingerprint density at radius 1 is 1.09 bits per heavy atom. The summed E-state index contributed by atoms with van der Waals surface area (Å²) >= 11 is 0. The highest BCUT2D eigenvalue weighted by Gasteiger charge is 2.19. The van der Waals surface area contributed by atoms with Crippen molar-refractivity contribution in [2.24, 2.45) is 0 Å². The molecule has 0 atom stereocenters. The highest BCUT2D eigenvalue weighted by molar-refractivity contribution is 5.76. The molecule has 0 spiro atoms. The van der Waals surface area contributed by atoms with Gasteiger partial charge in [-0.1, -0.05) is 42.5 Å². The maximum Gasteiger partial charge on any atom is 0.321 e. The van der Waals surface area contributed by atoms with Crippen LogP contribution in [0.4, 0.5) is 9.18 Å². The Hall–Kier alpha value is -2.62. The quantitative estimate of drug-likeness (QED) is 0.903. The van der Waals surface area contributed by atoms with E-state index in [1.54, 1.807) is 29.2 Å². The molecule has 112 valence electrons. The first-order chi connectivity index (χ1) is 10.7. The average molecular weight is 296 g/mol. The second-order valence-electron chi connectivity index (χ2n) is 5.24. The molecule has 0 aliphatic carbocycles. The zero-order valence-corrected chi connectivity index (χ0v) is 12.1. The minimum absolute atomic E-state index is 0.165. The Morgan fingerprint density at radius 3 is 2.64 bits per heavy atom. The molecule has 0 radical (unpaired) electrons. The number of hydrogen-bond acceptors (Lipinski definition) is 1. The van der Waals surface area contributed by atoms with Crippen molar-refractivity contribution in [3.8, 4) is 0 Å². The van der Waals surface area contributed by atoms with E-state index in [4.69, 9.17) is 0 Å². The standard InChI is InChI=1S/C18H17FN2O/c19-17-8-4-3-6-15(17)9-11-20-18(22)21-12-10-14-5-1-2-7-16(14)13-21/h1-9,11H,10,12-13H2,(H,20,22)/b11-9+. The summed E-state index contributed by atoms with van der Waals surface area (Å²) in [7, 11) is 0. The second-order valence-corrected chi connectivity index (χ2v) is 5.24. The first-order valence-electron chi connectivity index (χ1n) is 7.27. The fourth-order valence-electron chi connectivity index (χ4n) is 2.57. The number of amides is 2. The maximum atomic E-state index is 13.5. The molecule has 0 bridgehead atoms. The lowest BCUT2D eigenvalue weighted by atomic mass is 10.0. The van der Waals surface area contributed by atoms with Gasteiger partial charge < -0.3 is 10.2 Å². The first kappa shape index (κ1) is 14.3. The minimum Gasteiger partial charge on any atom is -0.320 e. The van der Waals surface area contributed by atoms with Crippen LogP contribution in [-0.4, -0.2) is 17.5 Å². The fraction of sp³-hybridized carbons (Fsp3) is 0.167. The second kappa shape index (κ2) is 6.43. The van der Waals surface area contributed by atoms with Crippen LogP contribution < -0.4 is 5.32 Å². The Bertz CT molecular complexity index is 712. The van der Waals surface area contributed by atoms with Crippen LogP contribution in [0.15, 0.2) is 54.7 Å². The van der Waals surface area contributed by atoms with Crippen molar-refractivity contribution in [3.05, 3.63) is 77.2 Å². The van der Waals surface area contributed by atoms with Gasteiger partial charge in [0, 0.05) is 24.9 Å². The maximum absolute atomic E-state index is 13.5. The van der Waals surface area contributed by atoms with Crippen LogP contribution in [0.3, 0.4) is 0 Å². The Balaban J connectivity index is 1.60. The third-order valence-electron chi connectivity index (χ3n) is 3.79. The van der Waals surface area contributed by atoms with E-state index in [0.29, 0.717) is 18.7 Å². The van der Waals surface area contributed by atoms with E-state index >= 15 is 0 Å². The molecule has 22 heavy (non-hydrogen) atoms. The lowest BCUT2D eigenvalue weighted by molar-refractivity contribution is 0.196. The molecule has 1 aliphatic rings. The molecule has 1 aliphatic heterocycles. The SMILES string of the molecule is O=C(N/C=C/c1ccccc1F)N1CCc2ccccc2C1. The predicted octanol–water partition coefficient (Wildman–Crippen LogP) is 3.56. The molecule has 0 saturated heterocycles. The van der Waals surface area contributed by atoms with Gasteiger partial charge in [-0.05, 0) is 29.7 Å². The monoisotopic (exact) mass is 296 g/mol. The van der Waals surface area contributed by atoms with Crippen molar-refractivity contribution in [2.45, 2.75) is 13.0 Å². The molecular formula is C18H17FN2O. The minimum atomic E-state index is -0.306. The summed E-state index contributed by atoms with van der Waals surface area (Å²) in [6, 6.07) is 14.4. The zero-order chi connectivity index (χ0) is 15.4. The lowest BCUT2D eigenvalue weighted by Gasteiger charge is -2.28. The summed E-state index contributed by atoms with van der Waals surface area (Å²) in [4.78, 5) is 13.9. The van der Waals surface area contributed by atoms with Crippen LogP contribution in [0.25, 0.3) is 6.08 Å². The van der Waals surface area contributed by atoms with E-state index in [1.165, 1.54) is 23.4 Å². The number of hydrogen-bond donors (Lipinski definition) is 1. The molecule has 0 fully saturated rings. The Morgan fingerprint density at radius 2 is 1.82 bits per heavy atom. The van der Waals surface area contributed by atoms with Gasteiger partial charge in [0.2, 0.25) is 0 Å². The van der Waals surface area contributed by atoms with E-state index in [1.807, 2.05) is 18.2 Å². The van der Waals surface area contributed by atoms with Crippen molar-refractivity contribution in [2.75, 3.05) is 6.54 Å². The number of benzene rings is 2. The molecule has 1 N–H and O–H groups in total. The van der Waals surface area contributed by atoms with Crippen LogP contribution in [0.2, 0.25) is 0 Å². The van der Waals surface area contributed by atoms with Crippen molar-refractivity contribution in [3.63, 3.8) is 0 Å². The van der Waals surface area contributed by atoms with E-state index in [0.717, 1.165) is 6.42 Å². The number of nitrogens with one attached hydrogen (secondary N) is 1. The smallest absolute Gasteiger partial charge is 0.320 e. The molecule has 0 aromatic heterocycles. The summed E-state index contributed by atoms with van der Waals surface area (Å²) in [5.74, 6) is -0.306. The van der Waals surface area contributed by atoms with Crippen LogP contribution >= 0.6 is 0 Å². The van der Waals surface area contributed by atoms with Crippen molar-refractivity contribution in [1.29, 1.82) is 0 Å². The molecule has 0 saturated carbocycles. The average Bonchev–Trinajstić information content (AvgIpc) is 2.56. The molecule has 1 heterocycles. The van der Waals surface area contributed by atoms with Gasteiger partial charge in [0.05, 0.1) is 0 Å². The Kier molecular flexibility index (Phi) is 4.19. The van der Waals surface area contributed by atoms with Crippen molar-refractivity contribution < 1.29 is 9.18 Å². The Labute approximate surface area is 129 Å². The van der Waals surface area contributed by atoms with Gasteiger partial charge in [0.15, 0.2) is 0 Å². The summed E-state index contributed by atoms with van der Waals surface area (Å²) in [6.45, 7) is 1.30. The largest absolute Gasteiger partial charge is 0.321 e. The third-order valence-corrected chi connectivity index (χ3v) is 3.79. The molecule has 3 nitrogen and oxygen atoms in total. The number of carbonyl (C=O) groups is 1. The van der Waals surface area contributed by atoms with Gasteiger partial charge >= 0.3 is 6.03 Å². The molecule has 2 amide bonds. The van der Waals surface area contributed by atoms with E-state index in [2.05, 4.69) is 11.4 Å². The summed E-state index contributed by atoms with van der Waals surface area (Å²) in [6.07, 6.45) is 3.91. The van der Waals surface area contributed by atoms with Gasteiger partial charge in [0.25, 0.3) is 0 Å². The molecule has 2 aromatic rings. The number of nitrogens with zero attached hydrogens (tertiary/aromatic N) is 1. The fourth-order valence-corrected chi connectivity index (χ4v) is 2.57. The van der Waals surface area contributed by atoms with Gasteiger partial charge in [-0.15, -0.1) is 0 Å². The van der Waals surface area contributed by atoms with Crippen LogP contribution in [0.1, 0.15) is 16.7 Å². The van der Waals surface area contributed by atoms with Gasteiger partial charge in [0.1, 0.15) is 5.82 Å². The number of carbonyl (C=O) groups excluding carboxylic acids is 1. The predicted molar refractivity (Wildman–Crippen MR) is 84.5 cm³/mol. The molecule has 0 unspecified atom stereocenters. The number of halogens is 1. The van der Waals surface area contributed by atoms with Gasteiger partial charge in [-0.2, -0.15) is 0 Å². The molecule has 2 aromatic carbocycles. The topological polar surface area (TPSA) is 32.3 Å². The van der Waals surface area contributed by atoms with Crippen molar-refractivity contribution in [1.82, 2.24) is 10.2 Å². The lowest BCUT2D eigenvalue weighted by Crippen LogP contribution is -2.40. The molecule has 4 heteroatoms. The number of fused-ring (bicyclic) bond motifs is 1. The van der Waals surface area contributed by atoms with Crippen LogP contribution in [0.5, 0.6) is 0 Å². The van der Waals surface area contributed by atoms with E-state index in [-0.39, 0.29) is 11.8 Å². The van der Waals surface area contributed by atoms with E-state index < -0.39 is 0 Å². The van der Waals surface area contributed by atoms with Gasteiger partial charge in [-0.25, -0.2) is 9.18 Å². The third kappa shape index (κ3) is 3.17. The van der Waals surface area contributed by atoms with Crippen molar-refractivity contribution >= 4 is 12.1 Å².